The Morgan fingerprint density at radius 1 is 0.852 bits per heavy atom. The number of nitrogens with zero attached hydrogens (tertiary/aromatic N) is 5. The molecule has 2 atom stereocenters. The number of nitrogens with one attached hydrogen (secondary N) is 3. The molecule has 3 N–H and O–H groups in total. The van der Waals surface area contributed by atoms with Crippen molar-refractivity contribution in [1.82, 2.24) is 30.5 Å². The maximum atomic E-state index is 14.0. The Kier molecular flexibility index (Phi) is 14.0. The van der Waals surface area contributed by atoms with Gasteiger partial charge in [-0.15, -0.1) is 0 Å². The van der Waals surface area contributed by atoms with Crippen LogP contribution in [0.1, 0.15) is 108 Å². The highest BCUT2D eigenvalue weighted by Crippen LogP contribution is 2.32. The zero-order valence-corrected chi connectivity index (χ0v) is 35.8. The van der Waals surface area contributed by atoms with Crippen LogP contribution < -0.4 is 16.0 Å². The van der Waals surface area contributed by atoms with E-state index in [0.29, 0.717) is 51.1 Å². The number of pyridine rings is 2. The minimum atomic E-state index is -1.22. The molecule has 0 spiro atoms. The third-order valence-electron chi connectivity index (χ3n) is 10.1. The number of carbonyl (C=O) groups excluding carboxylic acids is 5. The van der Waals surface area contributed by atoms with E-state index in [1.165, 1.54) is 0 Å². The minimum Gasteiger partial charge on any atom is -0.458 e. The fourth-order valence-electron chi connectivity index (χ4n) is 7.15. The van der Waals surface area contributed by atoms with Crippen LogP contribution in [-0.2, 0) is 36.9 Å². The molecule has 61 heavy (non-hydrogen) atoms. The molecule has 15 heteroatoms. The summed E-state index contributed by atoms with van der Waals surface area (Å²) in [6, 6.07) is 17.9. The first-order valence-corrected chi connectivity index (χ1v) is 20.8. The number of unbranched alkanes of at least 4 members (excludes halogenated alkanes) is 3. The predicted molar refractivity (Wildman–Crippen MR) is 231 cm³/mol. The fraction of sp³-hybridized carbons (Fsp3) is 0.435. The van der Waals surface area contributed by atoms with Gasteiger partial charge in [0.15, 0.2) is 0 Å². The quantitative estimate of drug-likeness (QED) is 0.0874. The molecule has 0 bridgehead atoms. The number of hydrazone groups is 1. The molecule has 0 fully saturated rings. The molecule has 0 aliphatic carbocycles. The summed E-state index contributed by atoms with van der Waals surface area (Å²) in [7, 11) is 0. The van der Waals surface area contributed by atoms with Crippen molar-refractivity contribution in [2.24, 2.45) is 5.10 Å². The first-order chi connectivity index (χ1) is 29.0. The number of alkyl carbamates (subject to hydrolysis) is 1. The lowest BCUT2D eigenvalue weighted by Crippen LogP contribution is -2.48. The average molecular weight is 833 g/mol. The zero-order valence-electron chi connectivity index (χ0n) is 35.8. The van der Waals surface area contributed by atoms with Crippen molar-refractivity contribution in [1.29, 1.82) is 0 Å². The van der Waals surface area contributed by atoms with Gasteiger partial charge in [-0.1, -0.05) is 43.2 Å². The van der Waals surface area contributed by atoms with E-state index in [1.54, 1.807) is 70.0 Å². The molecule has 6 rings (SSSR count). The van der Waals surface area contributed by atoms with Crippen LogP contribution in [0.3, 0.4) is 0 Å². The van der Waals surface area contributed by atoms with E-state index in [-0.39, 0.29) is 18.4 Å². The maximum absolute atomic E-state index is 14.0. The number of amides is 5. The smallest absolute Gasteiger partial charge is 0.408 e. The number of ether oxygens (including phenoxy) is 2. The van der Waals surface area contributed by atoms with Gasteiger partial charge in [-0.3, -0.25) is 19.6 Å². The molecule has 2 aliphatic heterocycles. The van der Waals surface area contributed by atoms with Crippen molar-refractivity contribution in [3.8, 4) is 0 Å². The second kappa shape index (κ2) is 19.3. The number of hydrogen-bond donors (Lipinski definition) is 3. The standard InChI is InChI=1S/C46H56N8O7/c1-45(2,3)60-42(57)39(51-44(59)61-46(4,5)6)26-40(55)49-20-9-7-8-10-23-54-41(56)36(32-14-13-30-12-11-21-48-37(30)24-32)25-38(52-54)31-15-17-35(18-16-31)50-43(58)53-28-33-19-22-47-27-34(33)29-53/h11-19,21-22,24,27,36,39H,7-10,20,23,25-26,28-29H2,1-6H3,(H,49,55)(H,50,58)(H,51,59)/t36?,39-/m1/s1. The van der Waals surface area contributed by atoms with E-state index in [1.807, 2.05) is 60.7 Å². The Balaban J connectivity index is 1.04. The monoisotopic (exact) mass is 832 g/mol. The fourth-order valence-corrected chi connectivity index (χ4v) is 7.15. The lowest BCUT2D eigenvalue weighted by molar-refractivity contribution is -0.158. The molecule has 2 aromatic carbocycles. The van der Waals surface area contributed by atoms with E-state index >= 15 is 0 Å². The number of carbonyl (C=O) groups is 5. The van der Waals surface area contributed by atoms with Gasteiger partial charge in [-0.2, -0.15) is 5.10 Å². The molecule has 2 aliphatic rings. The third-order valence-corrected chi connectivity index (χ3v) is 10.1. The summed E-state index contributed by atoms with van der Waals surface area (Å²) in [4.78, 5) is 75.7. The van der Waals surface area contributed by atoms with Crippen LogP contribution in [0.2, 0.25) is 0 Å². The van der Waals surface area contributed by atoms with Crippen LogP contribution in [0.5, 0.6) is 0 Å². The second-order valence-corrected chi connectivity index (χ2v) is 17.4. The summed E-state index contributed by atoms with van der Waals surface area (Å²) in [5, 5.41) is 15.7. The van der Waals surface area contributed by atoms with Crippen molar-refractivity contribution in [2.45, 2.75) is 116 Å². The van der Waals surface area contributed by atoms with Gasteiger partial charge in [0, 0.05) is 62.3 Å². The minimum absolute atomic E-state index is 0.0866. The zero-order chi connectivity index (χ0) is 43.7. The van der Waals surface area contributed by atoms with Crippen LogP contribution in [-0.4, -0.2) is 85.8 Å². The van der Waals surface area contributed by atoms with Gasteiger partial charge < -0.3 is 30.3 Å². The number of anilines is 1. The normalized spacial score (nSPS) is 15.7. The van der Waals surface area contributed by atoms with E-state index in [9.17, 15) is 24.0 Å². The Morgan fingerprint density at radius 3 is 2.33 bits per heavy atom. The lowest BCUT2D eigenvalue weighted by Gasteiger charge is -2.30. The molecule has 322 valence electrons. The van der Waals surface area contributed by atoms with E-state index in [2.05, 4.69) is 25.9 Å². The van der Waals surface area contributed by atoms with Crippen LogP contribution in [0.15, 0.2) is 84.4 Å². The predicted octanol–water partition coefficient (Wildman–Crippen LogP) is 7.20. The number of aromatic nitrogens is 2. The SMILES string of the molecule is CC(C)(C)OC(=O)N[C@H](CC(=O)NCCCCCCN1N=C(c2ccc(NC(=O)N3Cc4ccncc4C3)cc2)CC(c2ccc3cccnc3c2)C1=O)C(=O)OC(C)(C)C. The summed E-state index contributed by atoms with van der Waals surface area (Å²) in [6.45, 7) is 12.0. The molecule has 1 unspecified atom stereocenters. The molecule has 4 heterocycles. The first kappa shape index (κ1) is 44.2. The average Bonchev–Trinajstić information content (AvgIpc) is 3.64. The van der Waals surface area contributed by atoms with Crippen molar-refractivity contribution in [2.75, 3.05) is 18.4 Å². The van der Waals surface area contributed by atoms with Gasteiger partial charge in [0.1, 0.15) is 17.2 Å². The Labute approximate surface area is 356 Å². The van der Waals surface area contributed by atoms with Crippen LogP contribution in [0.4, 0.5) is 15.3 Å². The highest BCUT2D eigenvalue weighted by atomic mass is 16.6. The Hall–Kier alpha value is -6.38. The third kappa shape index (κ3) is 12.6. The number of esters is 1. The van der Waals surface area contributed by atoms with Gasteiger partial charge in [-0.25, -0.2) is 19.4 Å². The largest absolute Gasteiger partial charge is 0.458 e. The second-order valence-electron chi connectivity index (χ2n) is 17.4. The van der Waals surface area contributed by atoms with Crippen molar-refractivity contribution < 1.29 is 33.4 Å². The van der Waals surface area contributed by atoms with Crippen LogP contribution in [0.25, 0.3) is 10.9 Å². The van der Waals surface area contributed by atoms with Crippen molar-refractivity contribution in [3.05, 3.63) is 102 Å². The lowest BCUT2D eigenvalue weighted by atomic mass is 9.88. The van der Waals surface area contributed by atoms with Crippen molar-refractivity contribution >= 4 is 52.2 Å². The van der Waals surface area contributed by atoms with Gasteiger partial charge in [0.05, 0.1) is 23.6 Å². The number of hydrogen-bond acceptors (Lipinski definition) is 10. The molecule has 0 saturated heterocycles. The summed E-state index contributed by atoms with van der Waals surface area (Å²) in [6.07, 6.45) is 7.47. The summed E-state index contributed by atoms with van der Waals surface area (Å²) < 4.78 is 10.7. The molecule has 2 aromatic heterocycles. The van der Waals surface area contributed by atoms with Gasteiger partial charge in [-0.05, 0) is 107 Å². The van der Waals surface area contributed by atoms with Crippen LogP contribution >= 0.6 is 0 Å². The Morgan fingerprint density at radius 2 is 1.59 bits per heavy atom. The summed E-state index contributed by atoms with van der Waals surface area (Å²) in [5.74, 6) is -1.69. The topological polar surface area (TPSA) is 185 Å². The highest BCUT2D eigenvalue weighted by Gasteiger charge is 2.34. The molecule has 0 saturated carbocycles. The maximum Gasteiger partial charge on any atom is 0.408 e. The highest BCUT2D eigenvalue weighted by molar-refractivity contribution is 6.06. The molecular weight excluding hydrogens is 777 g/mol. The number of benzene rings is 2. The van der Waals surface area contributed by atoms with Gasteiger partial charge in [0.25, 0.3) is 5.91 Å². The Bertz CT molecular complexity index is 2240. The molecule has 15 nitrogen and oxygen atoms in total. The summed E-state index contributed by atoms with van der Waals surface area (Å²) in [5.41, 5.74) is 4.49. The molecule has 4 aromatic rings. The number of fused-ring (bicyclic) bond motifs is 2. The molecule has 0 radical (unpaired) electrons. The summed E-state index contributed by atoms with van der Waals surface area (Å²) >= 11 is 0. The van der Waals surface area contributed by atoms with Crippen molar-refractivity contribution in [3.63, 3.8) is 0 Å². The molecule has 5 amide bonds. The first-order valence-electron chi connectivity index (χ1n) is 20.8. The van der Waals surface area contributed by atoms with Gasteiger partial charge in [0.2, 0.25) is 5.91 Å². The van der Waals surface area contributed by atoms with Gasteiger partial charge >= 0.3 is 18.1 Å². The number of rotatable bonds is 14. The number of urea groups is 1. The van der Waals surface area contributed by atoms with E-state index in [4.69, 9.17) is 14.6 Å². The molecular formula is C46H56N8O7. The van der Waals surface area contributed by atoms with Crippen LogP contribution in [0, 0.1) is 0 Å². The van der Waals surface area contributed by atoms with E-state index < -0.39 is 41.1 Å². The van der Waals surface area contributed by atoms with E-state index in [0.717, 1.165) is 51.7 Å².